The highest BCUT2D eigenvalue weighted by molar-refractivity contribution is 4.81. The van der Waals surface area contributed by atoms with Crippen LogP contribution in [0, 0.1) is 6.92 Å². The molecule has 0 aromatic heterocycles. The van der Waals surface area contributed by atoms with Crippen LogP contribution in [0.25, 0.3) is 0 Å². The number of rotatable bonds is 3. The Labute approximate surface area is 60.3 Å². The van der Waals surface area contributed by atoms with E-state index in [-0.39, 0.29) is 0 Å². The average Bonchev–Trinajstić information content (AvgIpc) is 1.84. The van der Waals surface area contributed by atoms with Crippen LogP contribution in [0.5, 0.6) is 0 Å². The van der Waals surface area contributed by atoms with E-state index in [1.165, 1.54) is 6.92 Å². The lowest BCUT2D eigenvalue weighted by Gasteiger charge is -2.22. The lowest BCUT2D eigenvalue weighted by molar-refractivity contribution is -0.0496. The second-order valence-electron chi connectivity index (χ2n) is 2.41. The van der Waals surface area contributed by atoms with Crippen molar-refractivity contribution in [3.8, 4) is 0 Å². The van der Waals surface area contributed by atoms with Crippen molar-refractivity contribution in [2.24, 2.45) is 5.73 Å². The van der Waals surface area contributed by atoms with Gasteiger partial charge < -0.3 is 21.1 Å². The quantitative estimate of drug-likeness (QED) is 0.382. The maximum absolute atomic E-state index is 8.99. The summed E-state index contributed by atoms with van der Waals surface area (Å²) in [6, 6.07) is -0.564. The largest absolute Gasteiger partial charge is 0.390 e. The molecule has 0 saturated carbocycles. The molecule has 1 radical (unpaired) electrons. The highest BCUT2D eigenvalue weighted by Gasteiger charge is 2.23. The number of hydrogen-bond acceptors (Lipinski definition) is 4. The molecule has 0 bridgehead atoms. The molecule has 0 rings (SSSR count). The SMILES string of the molecule is [CH2]C(O)C(O)C(O)C(C)N. The van der Waals surface area contributed by atoms with E-state index in [1.807, 2.05) is 0 Å². The fourth-order valence-corrected chi connectivity index (χ4v) is 0.539. The lowest BCUT2D eigenvalue weighted by atomic mass is 10.0. The van der Waals surface area contributed by atoms with Gasteiger partial charge in [0.25, 0.3) is 0 Å². The predicted octanol–water partition coefficient (Wildman–Crippen LogP) is -1.75. The van der Waals surface area contributed by atoms with Gasteiger partial charge in [0, 0.05) is 6.04 Å². The standard InChI is InChI=1S/C6H14NO3/c1-3(7)5(9)6(10)4(2)8/h3-6,8-10H,2,7H2,1H3. The molecule has 10 heavy (non-hydrogen) atoms. The molecule has 0 aromatic carbocycles. The maximum Gasteiger partial charge on any atom is 0.107 e. The first-order valence-electron chi connectivity index (χ1n) is 3.09. The van der Waals surface area contributed by atoms with Crippen LogP contribution in [0.15, 0.2) is 0 Å². The highest BCUT2D eigenvalue weighted by atomic mass is 16.4. The van der Waals surface area contributed by atoms with E-state index in [0.29, 0.717) is 0 Å². The number of aliphatic hydroxyl groups is 3. The first-order valence-corrected chi connectivity index (χ1v) is 3.09. The fourth-order valence-electron chi connectivity index (χ4n) is 0.539. The zero-order chi connectivity index (χ0) is 8.31. The van der Waals surface area contributed by atoms with Gasteiger partial charge in [-0.2, -0.15) is 0 Å². The molecular formula is C6H14NO3. The average molecular weight is 148 g/mol. The van der Waals surface area contributed by atoms with Crippen LogP contribution in [0.2, 0.25) is 0 Å². The van der Waals surface area contributed by atoms with Crippen molar-refractivity contribution in [3.63, 3.8) is 0 Å². The third-order valence-corrected chi connectivity index (χ3v) is 1.28. The Morgan fingerprint density at radius 3 is 1.70 bits per heavy atom. The highest BCUT2D eigenvalue weighted by Crippen LogP contribution is 2.01. The van der Waals surface area contributed by atoms with Gasteiger partial charge in [-0.3, -0.25) is 0 Å². The molecule has 0 spiro atoms. The molecule has 4 unspecified atom stereocenters. The van der Waals surface area contributed by atoms with E-state index in [2.05, 4.69) is 6.92 Å². The van der Waals surface area contributed by atoms with Crippen molar-refractivity contribution >= 4 is 0 Å². The zero-order valence-corrected chi connectivity index (χ0v) is 5.94. The topological polar surface area (TPSA) is 86.7 Å². The molecule has 0 heterocycles. The van der Waals surface area contributed by atoms with Crippen molar-refractivity contribution in [1.29, 1.82) is 0 Å². The molecule has 4 atom stereocenters. The van der Waals surface area contributed by atoms with Gasteiger partial charge in [-0.25, -0.2) is 0 Å². The van der Waals surface area contributed by atoms with E-state index < -0.39 is 24.4 Å². The summed E-state index contributed by atoms with van der Waals surface area (Å²) in [5, 5.41) is 26.6. The minimum Gasteiger partial charge on any atom is -0.390 e. The van der Waals surface area contributed by atoms with Crippen LogP contribution in [0.3, 0.4) is 0 Å². The Balaban J connectivity index is 3.81. The van der Waals surface area contributed by atoms with Crippen LogP contribution in [-0.4, -0.2) is 39.7 Å². The van der Waals surface area contributed by atoms with Crippen molar-refractivity contribution in [2.75, 3.05) is 0 Å². The molecule has 0 saturated heterocycles. The minimum absolute atomic E-state index is 0.564. The molecule has 5 N–H and O–H groups in total. The van der Waals surface area contributed by atoms with Crippen LogP contribution in [0.4, 0.5) is 0 Å². The van der Waals surface area contributed by atoms with Gasteiger partial charge in [-0.05, 0) is 13.8 Å². The number of nitrogens with two attached hydrogens (primary N) is 1. The van der Waals surface area contributed by atoms with Crippen molar-refractivity contribution in [1.82, 2.24) is 0 Å². The van der Waals surface area contributed by atoms with Crippen LogP contribution < -0.4 is 5.73 Å². The summed E-state index contributed by atoms with van der Waals surface area (Å²) in [6.07, 6.45) is -3.58. The van der Waals surface area contributed by atoms with E-state index >= 15 is 0 Å². The Bertz CT molecular complexity index is 83.0. The van der Waals surface area contributed by atoms with Crippen molar-refractivity contribution < 1.29 is 15.3 Å². The van der Waals surface area contributed by atoms with Crippen LogP contribution in [-0.2, 0) is 0 Å². The second-order valence-corrected chi connectivity index (χ2v) is 2.41. The molecule has 61 valence electrons. The molecule has 0 fully saturated rings. The molecule has 0 aliphatic heterocycles. The summed E-state index contributed by atoms with van der Waals surface area (Å²) in [5.41, 5.74) is 5.23. The van der Waals surface area contributed by atoms with E-state index in [9.17, 15) is 0 Å². The molecule has 4 nitrogen and oxygen atoms in total. The normalized spacial score (nSPS) is 23.4. The van der Waals surface area contributed by atoms with Gasteiger partial charge in [0.2, 0.25) is 0 Å². The molecule has 0 amide bonds. The lowest BCUT2D eigenvalue weighted by Crippen LogP contribution is -2.45. The van der Waals surface area contributed by atoms with Crippen molar-refractivity contribution in [3.05, 3.63) is 6.92 Å². The first kappa shape index (κ1) is 9.84. The fraction of sp³-hybridized carbons (Fsp3) is 0.833. The number of aliphatic hydroxyl groups excluding tert-OH is 3. The van der Waals surface area contributed by atoms with Crippen LogP contribution in [0.1, 0.15) is 6.92 Å². The van der Waals surface area contributed by atoms with Gasteiger partial charge in [0.1, 0.15) is 6.10 Å². The Kier molecular flexibility index (Phi) is 3.81. The Morgan fingerprint density at radius 2 is 1.60 bits per heavy atom. The van der Waals surface area contributed by atoms with Gasteiger partial charge in [-0.1, -0.05) is 0 Å². The Morgan fingerprint density at radius 1 is 1.20 bits per heavy atom. The van der Waals surface area contributed by atoms with Gasteiger partial charge >= 0.3 is 0 Å². The predicted molar refractivity (Wildman–Crippen MR) is 37.0 cm³/mol. The molecule has 4 heteroatoms. The number of hydrogen-bond donors (Lipinski definition) is 4. The maximum atomic E-state index is 8.99. The summed E-state index contributed by atoms with van der Waals surface area (Å²) >= 11 is 0. The summed E-state index contributed by atoms with van der Waals surface area (Å²) in [4.78, 5) is 0. The third-order valence-electron chi connectivity index (χ3n) is 1.28. The van der Waals surface area contributed by atoms with Crippen molar-refractivity contribution in [2.45, 2.75) is 31.3 Å². The summed E-state index contributed by atoms with van der Waals surface area (Å²) in [7, 11) is 0. The molecule has 0 aromatic rings. The minimum atomic E-state index is -1.26. The Hall–Kier alpha value is -0.160. The van der Waals surface area contributed by atoms with Gasteiger partial charge in [-0.15, -0.1) is 0 Å². The zero-order valence-electron chi connectivity index (χ0n) is 5.94. The van der Waals surface area contributed by atoms with Gasteiger partial charge in [0.15, 0.2) is 0 Å². The van der Waals surface area contributed by atoms with Gasteiger partial charge in [0.05, 0.1) is 12.2 Å². The second kappa shape index (κ2) is 3.88. The molecular weight excluding hydrogens is 134 g/mol. The molecule has 0 aliphatic rings. The smallest absolute Gasteiger partial charge is 0.107 e. The van der Waals surface area contributed by atoms with E-state index in [4.69, 9.17) is 21.1 Å². The summed E-state index contributed by atoms with van der Waals surface area (Å²) < 4.78 is 0. The summed E-state index contributed by atoms with van der Waals surface area (Å²) in [5.74, 6) is 0. The van der Waals surface area contributed by atoms with E-state index in [1.54, 1.807) is 0 Å². The monoisotopic (exact) mass is 148 g/mol. The van der Waals surface area contributed by atoms with E-state index in [0.717, 1.165) is 0 Å². The molecule has 0 aliphatic carbocycles. The third kappa shape index (κ3) is 2.62. The first-order chi connectivity index (χ1) is 4.46. The van der Waals surface area contributed by atoms with Crippen LogP contribution >= 0.6 is 0 Å². The summed E-state index contributed by atoms with van der Waals surface area (Å²) in [6.45, 7) is 4.67.